The number of nitrogens with zero attached hydrogens (tertiary/aromatic N) is 2. The van der Waals surface area contributed by atoms with Gasteiger partial charge in [0.15, 0.2) is 0 Å². The maximum Gasteiger partial charge on any atom is 0.244 e. The van der Waals surface area contributed by atoms with Gasteiger partial charge in [-0.2, -0.15) is 0 Å². The first-order valence-electron chi connectivity index (χ1n) is 10.0. The molecule has 2 rings (SSSR count). The van der Waals surface area contributed by atoms with E-state index in [2.05, 4.69) is 5.32 Å². The molecule has 0 heterocycles. The average molecular weight is 446 g/mol. The number of carbonyl (C=O) groups is 2. The van der Waals surface area contributed by atoms with Crippen LogP contribution in [0.15, 0.2) is 42.5 Å². The molecule has 2 aromatic carbocycles. The summed E-state index contributed by atoms with van der Waals surface area (Å²) >= 11 is 0. The fourth-order valence-electron chi connectivity index (χ4n) is 3.39. The minimum atomic E-state index is -3.72. The Labute approximate surface area is 185 Å². The van der Waals surface area contributed by atoms with Crippen LogP contribution in [0, 0.1) is 20.8 Å². The average Bonchev–Trinajstić information content (AvgIpc) is 2.68. The molecule has 0 aromatic heterocycles. The van der Waals surface area contributed by atoms with Crippen molar-refractivity contribution in [2.24, 2.45) is 0 Å². The largest absolute Gasteiger partial charge is 0.357 e. The van der Waals surface area contributed by atoms with E-state index < -0.39 is 28.5 Å². The quantitative estimate of drug-likeness (QED) is 0.677. The van der Waals surface area contributed by atoms with E-state index in [9.17, 15) is 18.0 Å². The van der Waals surface area contributed by atoms with Crippen LogP contribution in [0.3, 0.4) is 0 Å². The number of aryl methyl sites for hydroxylation is 3. The van der Waals surface area contributed by atoms with Crippen molar-refractivity contribution in [2.75, 3.05) is 24.2 Å². The molecule has 7 nitrogen and oxygen atoms in total. The van der Waals surface area contributed by atoms with E-state index in [1.54, 1.807) is 19.1 Å². The van der Waals surface area contributed by atoms with Gasteiger partial charge in [-0.05, 0) is 56.5 Å². The van der Waals surface area contributed by atoms with Gasteiger partial charge >= 0.3 is 0 Å². The second-order valence-electron chi connectivity index (χ2n) is 7.91. The van der Waals surface area contributed by atoms with E-state index in [0.29, 0.717) is 5.69 Å². The molecule has 31 heavy (non-hydrogen) atoms. The Bertz CT molecular complexity index is 1030. The molecule has 0 radical (unpaired) electrons. The number of rotatable bonds is 8. The van der Waals surface area contributed by atoms with Crippen LogP contribution in [-0.4, -0.2) is 51.0 Å². The van der Waals surface area contributed by atoms with Crippen molar-refractivity contribution < 1.29 is 18.0 Å². The summed E-state index contributed by atoms with van der Waals surface area (Å²) in [5, 5.41) is 2.56. The molecule has 2 amide bonds. The number of carbonyl (C=O) groups excluding carboxylic acids is 2. The van der Waals surface area contributed by atoms with Crippen LogP contribution in [0.25, 0.3) is 0 Å². The van der Waals surface area contributed by atoms with E-state index in [-0.39, 0.29) is 12.5 Å². The maximum absolute atomic E-state index is 13.3. The third-order valence-electron chi connectivity index (χ3n) is 5.06. The van der Waals surface area contributed by atoms with Crippen molar-refractivity contribution in [1.82, 2.24) is 10.2 Å². The van der Waals surface area contributed by atoms with Crippen LogP contribution < -0.4 is 9.62 Å². The second-order valence-corrected chi connectivity index (χ2v) is 9.82. The molecule has 168 valence electrons. The summed E-state index contributed by atoms with van der Waals surface area (Å²) in [5.41, 5.74) is 4.15. The lowest BCUT2D eigenvalue weighted by Crippen LogP contribution is -2.50. The topological polar surface area (TPSA) is 86.8 Å². The first-order valence-corrected chi connectivity index (χ1v) is 11.9. The summed E-state index contributed by atoms with van der Waals surface area (Å²) in [6.07, 6.45) is 1.07. The Morgan fingerprint density at radius 2 is 1.52 bits per heavy atom. The zero-order valence-electron chi connectivity index (χ0n) is 19.0. The second kappa shape index (κ2) is 9.96. The lowest BCUT2D eigenvalue weighted by molar-refractivity contribution is -0.139. The van der Waals surface area contributed by atoms with Crippen LogP contribution in [0.1, 0.15) is 29.2 Å². The predicted molar refractivity (Wildman–Crippen MR) is 123 cm³/mol. The lowest BCUT2D eigenvalue weighted by atomic mass is 10.1. The molecule has 1 unspecified atom stereocenters. The number of sulfonamides is 1. The summed E-state index contributed by atoms with van der Waals surface area (Å²) in [6, 6.07) is 12.3. The van der Waals surface area contributed by atoms with Crippen LogP contribution >= 0.6 is 0 Å². The Kier molecular flexibility index (Phi) is 7.84. The van der Waals surface area contributed by atoms with Crippen molar-refractivity contribution in [3.05, 3.63) is 64.7 Å². The highest BCUT2D eigenvalue weighted by atomic mass is 32.2. The van der Waals surface area contributed by atoms with Gasteiger partial charge in [0.05, 0.1) is 11.9 Å². The van der Waals surface area contributed by atoms with E-state index in [4.69, 9.17) is 0 Å². The van der Waals surface area contributed by atoms with E-state index in [0.717, 1.165) is 32.8 Å². The highest BCUT2D eigenvalue weighted by Gasteiger charge is 2.29. The molecule has 0 bridgehead atoms. The number of anilines is 1. The van der Waals surface area contributed by atoms with Crippen LogP contribution in [0.5, 0.6) is 0 Å². The molecule has 0 aliphatic rings. The number of hydrogen-bond acceptors (Lipinski definition) is 4. The number of nitrogens with one attached hydrogen (secondary N) is 1. The van der Waals surface area contributed by atoms with E-state index in [1.165, 1.54) is 11.9 Å². The van der Waals surface area contributed by atoms with Crippen LogP contribution in [0.2, 0.25) is 0 Å². The highest BCUT2D eigenvalue weighted by Crippen LogP contribution is 2.22. The highest BCUT2D eigenvalue weighted by molar-refractivity contribution is 7.92. The van der Waals surface area contributed by atoms with E-state index in [1.807, 2.05) is 51.1 Å². The number of hydrogen-bond donors (Lipinski definition) is 1. The summed E-state index contributed by atoms with van der Waals surface area (Å²) < 4.78 is 26.2. The third-order valence-corrected chi connectivity index (χ3v) is 6.20. The molecular weight excluding hydrogens is 414 g/mol. The Morgan fingerprint density at radius 3 is 2.00 bits per heavy atom. The minimum absolute atomic E-state index is 0.193. The van der Waals surface area contributed by atoms with Gasteiger partial charge in [0.1, 0.15) is 12.6 Å². The molecule has 0 fully saturated rings. The molecule has 2 aromatic rings. The van der Waals surface area contributed by atoms with Gasteiger partial charge < -0.3 is 10.2 Å². The SMILES string of the molecule is CNC(=O)C(C)N(Cc1ccc(C)cc1)C(=O)CN(c1cc(C)cc(C)c1)S(C)(=O)=O. The molecule has 0 saturated carbocycles. The summed E-state index contributed by atoms with van der Waals surface area (Å²) in [6.45, 7) is 7.14. The molecule has 0 aliphatic carbocycles. The number of amides is 2. The van der Waals surface area contributed by atoms with Crippen molar-refractivity contribution >= 4 is 27.5 Å². The lowest BCUT2D eigenvalue weighted by Gasteiger charge is -2.31. The standard InChI is InChI=1S/C23H31N3O4S/c1-16-7-9-20(10-8-16)14-25(19(4)23(28)24-5)22(27)15-26(31(6,29)30)21-12-17(2)11-18(3)13-21/h7-13,19H,14-15H2,1-6H3,(H,24,28). The van der Waals surface area contributed by atoms with Gasteiger partial charge in [-0.1, -0.05) is 35.9 Å². The normalized spacial score (nSPS) is 12.2. The molecule has 8 heteroatoms. The molecule has 0 aliphatic heterocycles. The van der Waals surface area contributed by atoms with Gasteiger partial charge in [-0.25, -0.2) is 8.42 Å². The van der Waals surface area contributed by atoms with Crippen molar-refractivity contribution in [2.45, 2.75) is 40.3 Å². The van der Waals surface area contributed by atoms with Crippen molar-refractivity contribution in [1.29, 1.82) is 0 Å². The van der Waals surface area contributed by atoms with Gasteiger partial charge in [0, 0.05) is 13.6 Å². The molecular formula is C23H31N3O4S. The summed E-state index contributed by atoms with van der Waals surface area (Å²) in [7, 11) is -2.22. The minimum Gasteiger partial charge on any atom is -0.357 e. The van der Waals surface area contributed by atoms with Crippen LogP contribution in [0.4, 0.5) is 5.69 Å². The summed E-state index contributed by atoms with van der Waals surface area (Å²) in [5.74, 6) is -0.779. The van der Waals surface area contributed by atoms with Crippen molar-refractivity contribution in [3.8, 4) is 0 Å². The smallest absolute Gasteiger partial charge is 0.244 e. The fourth-order valence-corrected chi connectivity index (χ4v) is 4.22. The van der Waals surface area contributed by atoms with Crippen molar-refractivity contribution in [3.63, 3.8) is 0 Å². The zero-order valence-corrected chi connectivity index (χ0v) is 19.8. The number of likely N-dealkylation sites (N-methyl/N-ethyl adjacent to an activating group) is 1. The predicted octanol–water partition coefficient (Wildman–Crippen LogP) is 2.54. The van der Waals surface area contributed by atoms with Gasteiger partial charge in [0.2, 0.25) is 21.8 Å². The molecule has 1 N–H and O–H groups in total. The number of benzene rings is 2. The molecule has 0 saturated heterocycles. The van der Waals surface area contributed by atoms with Crippen LogP contribution in [-0.2, 0) is 26.2 Å². The fraction of sp³-hybridized carbons (Fsp3) is 0.391. The Hall–Kier alpha value is -2.87. The first-order chi connectivity index (χ1) is 14.4. The maximum atomic E-state index is 13.3. The van der Waals surface area contributed by atoms with Gasteiger partial charge in [0.25, 0.3) is 0 Å². The zero-order chi connectivity index (χ0) is 23.3. The van der Waals surface area contributed by atoms with Gasteiger partial charge in [-0.3, -0.25) is 13.9 Å². The summed E-state index contributed by atoms with van der Waals surface area (Å²) in [4.78, 5) is 27.0. The van der Waals surface area contributed by atoms with Gasteiger partial charge in [-0.15, -0.1) is 0 Å². The third kappa shape index (κ3) is 6.55. The van der Waals surface area contributed by atoms with E-state index >= 15 is 0 Å². The Morgan fingerprint density at radius 1 is 0.968 bits per heavy atom. The first kappa shape index (κ1) is 24.4. The Balaban J connectivity index is 2.40. The molecule has 0 spiro atoms. The monoisotopic (exact) mass is 445 g/mol. The molecule has 1 atom stereocenters.